The largest absolute Gasteiger partial charge is 0.399 e. The van der Waals surface area contributed by atoms with Gasteiger partial charge in [-0.15, -0.1) is 0 Å². The second-order valence-electron chi connectivity index (χ2n) is 7.72. The van der Waals surface area contributed by atoms with Crippen molar-refractivity contribution in [2.45, 2.75) is 18.8 Å². The molecule has 0 bridgehead atoms. The molecule has 0 radical (unpaired) electrons. The first-order valence-corrected chi connectivity index (χ1v) is 9.64. The summed E-state index contributed by atoms with van der Waals surface area (Å²) in [5.41, 5.74) is 14.9. The summed E-state index contributed by atoms with van der Waals surface area (Å²) in [6, 6.07) is 28.2. The Bertz CT molecular complexity index is 1020. The van der Waals surface area contributed by atoms with E-state index in [9.17, 15) is 0 Å². The van der Waals surface area contributed by atoms with Gasteiger partial charge >= 0.3 is 0 Å². The molecule has 132 valence electrons. The minimum atomic E-state index is -0.306. The van der Waals surface area contributed by atoms with E-state index < -0.39 is 0 Å². The molecule has 0 aliphatic heterocycles. The van der Waals surface area contributed by atoms with Crippen molar-refractivity contribution in [2.24, 2.45) is 5.92 Å². The lowest BCUT2D eigenvalue weighted by molar-refractivity contribution is 0.718. The Morgan fingerprint density at radius 1 is 0.852 bits per heavy atom. The molecule has 2 aliphatic carbocycles. The molecule has 3 aromatic rings. The molecular formula is C26H23N. The number of benzene rings is 3. The highest BCUT2D eigenvalue weighted by molar-refractivity contribution is 5.89. The normalized spacial score (nSPS) is 19.7. The molecule has 0 aromatic heterocycles. The van der Waals surface area contributed by atoms with E-state index in [2.05, 4.69) is 91.9 Å². The number of anilines is 1. The zero-order valence-electron chi connectivity index (χ0n) is 15.5. The SMILES string of the molecule is CC1C=CC2=C(C1)c1ccc(N)cc1C2(c1ccccc1)c1ccccc1. The lowest BCUT2D eigenvalue weighted by Gasteiger charge is -2.35. The van der Waals surface area contributed by atoms with E-state index in [1.54, 1.807) is 0 Å². The fourth-order valence-electron chi connectivity index (χ4n) is 4.91. The zero-order chi connectivity index (χ0) is 18.4. The van der Waals surface area contributed by atoms with Crippen LogP contribution in [-0.4, -0.2) is 0 Å². The Labute approximate surface area is 160 Å². The Kier molecular flexibility index (Phi) is 3.58. The number of hydrogen-bond donors (Lipinski definition) is 1. The third-order valence-corrected chi connectivity index (χ3v) is 6.03. The van der Waals surface area contributed by atoms with Crippen LogP contribution in [0.4, 0.5) is 5.69 Å². The summed E-state index contributed by atoms with van der Waals surface area (Å²) in [7, 11) is 0. The van der Waals surface area contributed by atoms with Gasteiger partial charge in [-0.2, -0.15) is 0 Å². The molecule has 1 heteroatoms. The Balaban J connectivity index is 1.93. The fourth-order valence-corrected chi connectivity index (χ4v) is 4.91. The Morgan fingerprint density at radius 2 is 1.48 bits per heavy atom. The monoisotopic (exact) mass is 349 g/mol. The van der Waals surface area contributed by atoms with Gasteiger partial charge in [-0.1, -0.05) is 85.8 Å². The van der Waals surface area contributed by atoms with Crippen LogP contribution >= 0.6 is 0 Å². The number of hydrogen-bond acceptors (Lipinski definition) is 1. The smallest absolute Gasteiger partial charge is 0.0710 e. The average molecular weight is 349 g/mol. The molecule has 0 saturated heterocycles. The van der Waals surface area contributed by atoms with Crippen molar-refractivity contribution in [2.75, 3.05) is 5.73 Å². The lowest BCUT2D eigenvalue weighted by Crippen LogP contribution is -2.29. The maximum absolute atomic E-state index is 6.29. The highest BCUT2D eigenvalue weighted by Crippen LogP contribution is 2.57. The maximum atomic E-state index is 6.29. The molecule has 0 spiro atoms. The van der Waals surface area contributed by atoms with E-state index >= 15 is 0 Å². The molecular weight excluding hydrogens is 326 g/mol. The molecule has 1 unspecified atom stereocenters. The van der Waals surface area contributed by atoms with Crippen molar-refractivity contribution < 1.29 is 0 Å². The van der Waals surface area contributed by atoms with Crippen molar-refractivity contribution in [3.63, 3.8) is 0 Å². The summed E-state index contributed by atoms with van der Waals surface area (Å²) in [5, 5.41) is 0. The molecule has 0 heterocycles. The summed E-state index contributed by atoms with van der Waals surface area (Å²) >= 11 is 0. The molecule has 1 nitrogen and oxygen atoms in total. The van der Waals surface area contributed by atoms with Crippen LogP contribution < -0.4 is 5.73 Å². The minimum Gasteiger partial charge on any atom is -0.399 e. The van der Waals surface area contributed by atoms with Gasteiger partial charge in [-0.25, -0.2) is 0 Å². The summed E-state index contributed by atoms with van der Waals surface area (Å²) in [6.07, 6.45) is 5.79. The lowest BCUT2D eigenvalue weighted by atomic mass is 9.66. The van der Waals surface area contributed by atoms with E-state index in [1.807, 2.05) is 6.07 Å². The van der Waals surface area contributed by atoms with E-state index in [1.165, 1.54) is 33.4 Å². The molecule has 2 aliphatic rings. The third-order valence-electron chi connectivity index (χ3n) is 6.03. The molecule has 0 saturated carbocycles. The first kappa shape index (κ1) is 16.1. The van der Waals surface area contributed by atoms with Gasteiger partial charge in [0.2, 0.25) is 0 Å². The van der Waals surface area contributed by atoms with Crippen molar-refractivity contribution in [1.29, 1.82) is 0 Å². The molecule has 0 fully saturated rings. The van der Waals surface area contributed by atoms with Crippen molar-refractivity contribution >= 4 is 11.3 Å². The van der Waals surface area contributed by atoms with E-state index in [0.717, 1.165) is 12.1 Å². The predicted molar refractivity (Wildman–Crippen MR) is 113 cm³/mol. The van der Waals surface area contributed by atoms with Gasteiger partial charge in [0.25, 0.3) is 0 Å². The first-order valence-electron chi connectivity index (χ1n) is 9.64. The number of fused-ring (bicyclic) bond motifs is 2. The molecule has 0 amide bonds. The van der Waals surface area contributed by atoms with Gasteiger partial charge in [-0.3, -0.25) is 0 Å². The van der Waals surface area contributed by atoms with Crippen LogP contribution in [0, 0.1) is 5.92 Å². The van der Waals surface area contributed by atoms with Crippen LogP contribution in [0.15, 0.2) is 96.6 Å². The van der Waals surface area contributed by atoms with Gasteiger partial charge in [0, 0.05) is 5.69 Å². The number of rotatable bonds is 2. The highest BCUT2D eigenvalue weighted by atomic mass is 14.6. The van der Waals surface area contributed by atoms with Crippen LogP contribution in [0.3, 0.4) is 0 Å². The summed E-state index contributed by atoms with van der Waals surface area (Å²) in [6.45, 7) is 2.29. The Hall–Kier alpha value is -3.06. The minimum absolute atomic E-state index is 0.306. The van der Waals surface area contributed by atoms with Crippen LogP contribution in [0.2, 0.25) is 0 Å². The molecule has 1 atom stereocenters. The second-order valence-corrected chi connectivity index (χ2v) is 7.72. The fraction of sp³-hybridized carbons (Fsp3) is 0.154. The standard InChI is InChI=1S/C26H23N/c1-18-12-15-24-23(16-18)22-14-13-21(27)17-25(22)26(24,19-8-4-2-5-9-19)20-10-6-3-7-11-20/h2-15,17-18H,16,27H2,1H3. The van der Waals surface area contributed by atoms with Crippen LogP contribution in [0.1, 0.15) is 35.6 Å². The van der Waals surface area contributed by atoms with E-state index in [0.29, 0.717) is 5.92 Å². The summed E-state index contributed by atoms with van der Waals surface area (Å²) in [5.74, 6) is 0.552. The highest BCUT2D eigenvalue weighted by Gasteiger charge is 2.47. The van der Waals surface area contributed by atoms with Crippen molar-refractivity contribution in [3.05, 3.63) is 119 Å². The average Bonchev–Trinajstić information content (AvgIpc) is 2.99. The number of nitrogen functional groups attached to an aromatic ring is 1. The molecule has 3 aromatic carbocycles. The van der Waals surface area contributed by atoms with Gasteiger partial charge in [0.05, 0.1) is 5.41 Å². The quantitative estimate of drug-likeness (QED) is 0.567. The molecule has 5 rings (SSSR count). The van der Waals surface area contributed by atoms with Gasteiger partial charge in [0.15, 0.2) is 0 Å². The third kappa shape index (κ3) is 2.24. The van der Waals surface area contributed by atoms with Crippen molar-refractivity contribution in [3.8, 4) is 0 Å². The van der Waals surface area contributed by atoms with Gasteiger partial charge in [0.1, 0.15) is 0 Å². The van der Waals surface area contributed by atoms with E-state index in [-0.39, 0.29) is 5.41 Å². The van der Waals surface area contributed by atoms with Crippen LogP contribution in [0.5, 0.6) is 0 Å². The molecule has 27 heavy (non-hydrogen) atoms. The number of nitrogens with two attached hydrogens (primary N) is 1. The molecule has 2 N–H and O–H groups in total. The van der Waals surface area contributed by atoms with Crippen molar-refractivity contribution in [1.82, 2.24) is 0 Å². The topological polar surface area (TPSA) is 26.0 Å². The van der Waals surface area contributed by atoms with Crippen LogP contribution in [0.25, 0.3) is 5.57 Å². The predicted octanol–water partition coefficient (Wildman–Crippen LogP) is 5.97. The number of allylic oxidation sites excluding steroid dienone is 4. The van der Waals surface area contributed by atoms with E-state index in [4.69, 9.17) is 5.73 Å². The van der Waals surface area contributed by atoms with Gasteiger partial charge < -0.3 is 5.73 Å². The maximum Gasteiger partial charge on any atom is 0.0710 e. The second kappa shape index (κ2) is 5.99. The Morgan fingerprint density at radius 3 is 2.11 bits per heavy atom. The first-order chi connectivity index (χ1) is 13.2. The zero-order valence-corrected chi connectivity index (χ0v) is 15.5. The summed E-state index contributed by atoms with van der Waals surface area (Å²) < 4.78 is 0. The van der Waals surface area contributed by atoms with Crippen LogP contribution in [-0.2, 0) is 5.41 Å². The summed E-state index contributed by atoms with van der Waals surface area (Å²) in [4.78, 5) is 0. The van der Waals surface area contributed by atoms with Gasteiger partial charge in [-0.05, 0) is 57.9 Å².